The average molecular weight is 438 g/mol. The van der Waals surface area contributed by atoms with E-state index in [9.17, 15) is 18.4 Å². The molecule has 2 aliphatic heterocycles. The van der Waals surface area contributed by atoms with E-state index in [1.54, 1.807) is 10.7 Å². The van der Waals surface area contributed by atoms with Gasteiger partial charge in [0.05, 0.1) is 24.5 Å². The van der Waals surface area contributed by atoms with Crippen LogP contribution in [0.25, 0.3) is 0 Å². The molecule has 2 atom stereocenters. The zero-order chi connectivity index (χ0) is 22.2. The van der Waals surface area contributed by atoms with Crippen LogP contribution in [-0.2, 0) is 22.5 Å². The van der Waals surface area contributed by atoms with E-state index in [2.05, 4.69) is 15.7 Å². The minimum Gasteiger partial charge on any atom is -0.365 e. The van der Waals surface area contributed by atoms with Crippen molar-refractivity contribution in [3.05, 3.63) is 82.7 Å². The van der Waals surface area contributed by atoms with Crippen LogP contribution in [0.5, 0.6) is 0 Å². The van der Waals surface area contributed by atoms with Crippen LogP contribution in [0.15, 0.2) is 48.5 Å². The first-order chi connectivity index (χ1) is 15.5. The molecule has 0 spiro atoms. The summed E-state index contributed by atoms with van der Waals surface area (Å²) in [6, 6.07) is 12.3. The summed E-state index contributed by atoms with van der Waals surface area (Å²) in [7, 11) is 0. The molecule has 2 aliphatic rings. The van der Waals surface area contributed by atoms with Crippen molar-refractivity contribution in [1.82, 2.24) is 15.1 Å². The standard InChI is InChI=1S/C23H20F2N4O3/c24-15-10-14-6-7-17(22(30)27-20(14)16(25)11-15)26-23(31)18-12-19-21(13-4-2-1-3-5-13)32-9-8-29(19)28-18/h1-5,10-12,17,21H,6-9H2,(H,26,31)(H,27,30)/t17-,21?/m0/s1. The van der Waals surface area contributed by atoms with Crippen LogP contribution in [0.1, 0.15) is 39.8 Å². The lowest BCUT2D eigenvalue weighted by Gasteiger charge is -2.24. The van der Waals surface area contributed by atoms with E-state index in [0.717, 1.165) is 17.3 Å². The number of ether oxygens (including phenoxy) is 1. The molecule has 0 aliphatic carbocycles. The molecule has 0 saturated heterocycles. The second-order valence-corrected chi connectivity index (χ2v) is 7.81. The van der Waals surface area contributed by atoms with Crippen molar-refractivity contribution in [2.45, 2.75) is 31.5 Å². The summed E-state index contributed by atoms with van der Waals surface area (Å²) in [5.41, 5.74) is 2.18. The molecule has 0 saturated carbocycles. The zero-order valence-corrected chi connectivity index (χ0v) is 17.0. The summed E-state index contributed by atoms with van der Waals surface area (Å²) in [6.45, 7) is 0.969. The number of aryl methyl sites for hydroxylation is 1. The number of hydrogen-bond acceptors (Lipinski definition) is 4. The maximum atomic E-state index is 14.1. The largest absolute Gasteiger partial charge is 0.365 e. The molecular formula is C23H20F2N4O3. The van der Waals surface area contributed by atoms with Crippen molar-refractivity contribution in [3.8, 4) is 0 Å². The van der Waals surface area contributed by atoms with E-state index in [4.69, 9.17) is 4.74 Å². The van der Waals surface area contributed by atoms with E-state index in [1.807, 2.05) is 30.3 Å². The SMILES string of the molecule is O=C(N[C@H]1CCc2cc(F)cc(F)c2NC1=O)c1cc2n(n1)CCOC2c1ccccc1. The van der Waals surface area contributed by atoms with Gasteiger partial charge in [-0.05, 0) is 36.1 Å². The average Bonchev–Trinajstić information content (AvgIpc) is 3.17. The molecule has 5 rings (SSSR count). The van der Waals surface area contributed by atoms with Crippen LogP contribution in [0, 0.1) is 11.6 Å². The summed E-state index contributed by atoms with van der Waals surface area (Å²) in [5.74, 6) is -2.63. The third-order valence-corrected chi connectivity index (χ3v) is 5.71. The van der Waals surface area contributed by atoms with Gasteiger partial charge >= 0.3 is 0 Å². The number of amides is 2. The van der Waals surface area contributed by atoms with Gasteiger partial charge in [0, 0.05) is 6.07 Å². The Morgan fingerprint density at radius 3 is 2.81 bits per heavy atom. The van der Waals surface area contributed by atoms with Crippen LogP contribution in [0.3, 0.4) is 0 Å². The van der Waals surface area contributed by atoms with E-state index in [1.165, 1.54) is 6.07 Å². The topological polar surface area (TPSA) is 85.3 Å². The predicted octanol–water partition coefficient (Wildman–Crippen LogP) is 2.96. The highest BCUT2D eigenvalue weighted by Crippen LogP contribution is 2.30. The number of nitrogens with one attached hydrogen (secondary N) is 2. The van der Waals surface area contributed by atoms with Crippen molar-refractivity contribution >= 4 is 17.5 Å². The lowest BCUT2D eigenvalue weighted by atomic mass is 10.0. The summed E-state index contributed by atoms with van der Waals surface area (Å²) < 4.78 is 35.3. The van der Waals surface area contributed by atoms with Gasteiger partial charge in [-0.25, -0.2) is 8.78 Å². The Hall–Kier alpha value is -3.59. The second kappa shape index (κ2) is 8.16. The highest BCUT2D eigenvalue weighted by Gasteiger charge is 2.30. The number of rotatable bonds is 3. The number of fused-ring (bicyclic) bond motifs is 2. The highest BCUT2D eigenvalue weighted by molar-refractivity contribution is 6.01. The van der Waals surface area contributed by atoms with Crippen LogP contribution < -0.4 is 10.6 Å². The lowest BCUT2D eigenvalue weighted by molar-refractivity contribution is -0.118. The number of nitrogens with zero attached hydrogens (tertiary/aromatic N) is 2. The second-order valence-electron chi connectivity index (χ2n) is 7.81. The van der Waals surface area contributed by atoms with Gasteiger partial charge in [0.1, 0.15) is 23.8 Å². The molecule has 3 heterocycles. The van der Waals surface area contributed by atoms with Crippen LogP contribution in [-0.4, -0.2) is 34.2 Å². The fourth-order valence-electron chi connectivity index (χ4n) is 4.14. The maximum absolute atomic E-state index is 14.1. The first-order valence-corrected chi connectivity index (χ1v) is 10.3. The van der Waals surface area contributed by atoms with E-state index in [-0.39, 0.29) is 30.3 Å². The minimum atomic E-state index is -0.905. The first-order valence-electron chi connectivity index (χ1n) is 10.3. The third-order valence-electron chi connectivity index (χ3n) is 5.71. The summed E-state index contributed by atoms with van der Waals surface area (Å²) in [4.78, 5) is 25.5. The van der Waals surface area contributed by atoms with Gasteiger partial charge in [-0.2, -0.15) is 5.10 Å². The summed E-state index contributed by atoms with van der Waals surface area (Å²) >= 11 is 0. The fraction of sp³-hybridized carbons (Fsp3) is 0.261. The number of hydrogen-bond donors (Lipinski definition) is 2. The van der Waals surface area contributed by atoms with Crippen LogP contribution in [0.2, 0.25) is 0 Å². The number of aromatic nitrogens is 2. The summed E-state index contributed by atoms with van der Waals surface area (Å²) in [6.07, 6.45) is 0.0984. The third kappa shape index (κ3) is 3.75. The van der Waals surface area contributed by atoms with E-state index >= 15 is 0 Å². The van der Waals surface area contributed by atoms with Crippen molar-refractivity contribution in [2.75, 3.05) is 11.9 Å². The van der Waals surface area contributed by atoms with Gasteiger partial charge in [-0.15, -0.1) is 0 Å². The monoisotopic (exact) mass is 438 g/mol. The molecule has 3 aromatic rings. The van der Waals surface area contributed by atoms with Gasteiger partial charge in [0.2, 0.25) is 5.91 Å². The molecule has 1 aromatic heterocycles. The summed E-state index contributed by atoms with van der Waals surface area (Å²) in [5, 5.41) is 9.52. The molecule has 9 heteroatoms. The smallest absolute Gasteiger partial charge is 0.272 e. The molecule has 7 nitrogen and oxygen atoms in total. The first kappa shape index (κ1) is 20.3. The Labute approximate surface area is 182 Å². The van der Waals surface area contributed by atoms with Gasteiger partial charge in [-0.1, -0.05) is 30.3 Å². The van der Waals surface area contributed by atoms with Crippen LogP contribution >= 0.6 is 0 Å². The highest BCUT2D eigenvalue weighted by atomic mass is 19.1. The Morgan fingerprint density at radius 2 is 2.00 bits per heavy atom. The molecule has 164 valence electrons. The van der Waals surface area contributed by atoms with E-state index in [0.29, 0.717) is 18.7 Å². The number of anilines is 1. The van der Waals surface area contributed by atoms with Crippen molar-refractivity contribution in [2.24, 2.45) is 0 Å². The maximum Gasteiger partial charge on any atom is 0.272 e. The van der Waals surface area contributed by atoms with Gasteiger partial charge in [0.25, 0.3) is 5.91 Å². The normalized spacial score (nSPS) is 20.0. The van der Waals surface area contributed by atoms with Gasteiger partial charge in [-0.3, -0.25) is 14.3 Å². The number of carbonyl (C=O) groups excluding carboxylic acids is 2. The van der Waals surface area contributed by atoms with E-state index < -0.39 is 29.5 Å². The predicted molar refractivity (Wildman–Crippen MR) is 111 cm³/mol. The Bertz CT molecular complexity index is 1200. The Kier molecular flexibility index (Phi) is 5.18. The molecular weight excluding hydrogens is 418 g/mol. The number of halogens is 2. The van der Waals surface area contributed by atoms with Crippen molar-refractivity contribution in [3.63, 3.8) is 0 Å². The quantitative estimate of drug-likeness (QED) is 0.659. The Morgan fingerprint density at radius 1 is 1.19 bits per heavy atom. The van der Waals surface area contributed by atoms with Gasteiger partial charge in [0.15, 0.2) is 5.69 Å². The molecule has 0 fully saturated rings. The molecule has 32 heavy (non-hydrogen) atoms. The number of benzene rings is 2. The minimum absolute atomic E-state index is 0.0477. The molecule has 2 N–H and O–H groups in total. The zero-order valence-electron chi connectivity index (χ0n) is 17.0. The molecule has 0 bridgehead atoms. The number of carbonyl (C=O) groups is 2. The molecule has 1 unspecified atom stereocenters. The van der Waals surface area contributed by atoms with Crippen molar-refractivity contribution in [1.29, 1.82) is 0 Å². The Balaban J connectivity index is 1.34. The van der Waals surface area contributed by atoms with Gasteiger partial charge < -0.3 is 15.4 Å². The molecule has 0 radical (unpaired) electrons. The van der Waals surface area contributed by atoms with Crippen molar-refractivity contribution < 1.29 is 23.1 Å². The molecule has 2 amide bonds. The lowest BCUT2D eigenvalue weighted by Crippen LogP contribution is -2.43. The van der Waals surface area contributed by atoms with Crippen LogP contribution in [0.4, 0.5) is 14.5 Å². The fourth-order valence-corrected chi connectivity index (χ4v) is 4.14. The molecule has 2 aromatic carbocycles.